The molecule has 0 heterocycles. The van der Waals surface area contributed by atoms with Crippen LogP contribution in [0.1, 0.15) is 22.8 Å². The van der Waals surface area contributed by atoms with Gasteiger partial charge in [0.05, 0.1) is 6.61 Å². The van der Waals surface area contributed by atoms with Gasteiger partial charge >= 0.3 is 5.97 Å². The van der Waals surface area contributed by atoms with Gasteiger partial charge in [-0.3, -0.25) is 0 Å². The predicted octanol–water partition coefficient (Wildman–Crippen LogP) is 5.34. The third kappa shape index (κ3) is 4.31. The van der Waals surface area contributed by atoms with Crippen molar-refractivity contribution in [2.75, 3.05) is 19.0 Å². The highest BCUT2D eigenvalue weighted by molar-refractivity contribution is 7.99. The zero-order chi connectivity index (χ0) is 20.2. The Balaban J connectivity index is 1.35. The monoisotopic (exact) mass is 406 g/mol. The molecule has 0 fully saturated rings. The van der Waals surface area contributed by atoms with Gasteiger partial charge in [-0.2, -0.15) is 0 Å². The maximum absolute atomic E-state index is 10.6. The summed E-state index contributed by atoms with van der Waals surface area (Å²) in [6, 6.07) is 22.7. The largest absolute Gasteiger partial charge is 0.482 e. The van der Waals surface area contributed by atoms with Crippen molar-refractivity contribution in [1.82, 2.24) is 0 Å². The molecular weight excluding hydrogens is 384 g/mol. The molecule has 0 unspecified atom stereocenters. The highest BCUT2D eigenvalue weighted by Gasteiger charge is 2.28. The Labute approximate surface area is 174 Å². The van der Waals surface area contributed by atoms with Crippen LogP contribution in [0.3, 0.4) is 0 Å². The van der Waals surface area contributed by atoms with Crippen molar-refractivity contribution in [3.05, 3.63) is 83.4 Å². The Kier molecular flexibility index (Phi) is 5.88. The van der Waals surface area contributed by atoms with Gasteiger partial charge in [0.25, 0.3) is 0 Å². The van der Waals surface area contributed by atoms with Gasteiger partial charge in [0.2, 0.25) is 0 Å². The number of carbonyl (C=O) groups is 1. The van der Waals surface area contributed by atoms with Crippen molar-refractivity contribution >= 4 is 17.7 Å². The average molecular weight is 407 g/mol. The lowest BCUT2D eigenvalue weighted by Crippen LogP contribution is -2.10. The molecule has 1 aliphatic rings. The molecule has 0 aromatic heterocycles. The Bertz CT molecular complexity index is 985. The van der Waals surface area contributed by atoms with Crippen molar-refractivity contribution in [1.29, 1.82) is 0 Å². The van der Waals surface area contributed by atoms with Crippen LogP contribution in [0.2, 0.25) is 0 Å². The fraction of sp³-hybridized carbons (Fsp3) is 0.208. The smallest absolute Gasteiger partial charge is 0.341 e. The van der Waals surface area contributed by atoms with Gasteiger partial charge in [-0.1, -0.05) is 48.5 Å². The van der Waals surface area contributed by atoms with Gasteiger partial charge in [0.1, 0.15) is 11.9 Å². The number of ether oxygens (including phenoxy) is 2. The van der Waals surface area contributed by atoms with E-state index in [0.717, 1.165) is 16.2 Å². The normalized spacial score (nSPS) is 12.4. The Morgan fingerprint density at radius 2 is 1.66 bits per heavy atom. The highest BCUT2D eigenvalue weighted by atomic mass is 32.2. The number of fused-ring (bicyclic) bond motifs is 3. The molecule has 29 heavy (non-hydrogen) atoms. The van der Waals surface area contributed by atoms with Crippen LogP contribution in [0, 0.1) is 6.92 Å². The summed E-state index contributed by atoms with van der Waals surface area (Å²) < 4.78 is 11.6. The van der Waals surface area contributed by atoms with Gasteiger partial charge in [0.15, 0.2) is 6.61 Å². The lowest BCUT2D eigenvalue weighted by molar-refractivity contribution is -0.139. The Hall–Kier alpha value is -2.76. The van der Waals surface area contributed by atoms with E-state index in [1.165, 1.54) is 22.3 Å². The van der Waals surface area contributed by atoms with Gasteiger partial charge < -0.3 is 14.6 Å². The number of hydrogen-bond acceptors (Lipinski definition) is 4. The number of hydrogen-bond donors (Lipinski definition) is 1. The average Bonchev–Trinajstić information content (AvgIpc) is 3.04. The summed E-state index contributed by atoms with van der Waals surface area (Å²) in [5.74, 6) is 0.456. The van der Waals surface area contributed by atoms with Crippen LogP contribution in [0.4, 0.5) is 0 Å². The zero-order valence-electron chi connectivity index (χ0n) is 16.1. The highest BCUT2D eigenvalue weighted by Crippen LogP contribution is 2.45. The first-order valence-electron chi connectivity index (χ1n) is 9.51. The quantitative estimate of drug-likeness (QED) is 0.404. The second-order valence-electron chi connectivity index (χ2n) is 6.88. The summed E-state index contributed by atoms with van der Waals surface area (Å²) >= 11 is 1.72. The summed E-state index contributed by atoms with van der Waals surface area (Å²) in [5.41, 5.74) is 5.90. The molecule has 0 bridgehead atoms. The van der Waals surface area contributed by atoms with E-state index in [-0.39, 0.29) is 12.7 Å². The molecule has 0 saturated heterocycles. The van der Waals surface area contributed by atoms with Gasteiger partial charge in [-0.05, 0) is 52.9 Å². The maximum atomic E-state index is 10.6. The van der Waals surface area contributed by atoms with Crippen LogP contribution in [0.15, 0.2) is 71.6 Å². The minimum Gasteiger partial charge on any atom is -0.482 e. The molecule has 3 aromatic carbocycles. The fourth-order valence-corrected chi connectivity index (χ4v) is 4.47. The van der Waals surface area contributed by atoms with Gasteiger partial charge in [-0.15, -0.1) is 11.8 Å². The van der Waals surface area contributed by atoms with Crippen LogP contribution >= 0.6 is 11.8 Å². The summed E-state index contributed by atoms with van der Waals surface area (Å²) in [5, 5.41) is 8.73. The number of rotatable bonds is 8. The molecule has 3 aromatic rings. The van der Waals surface area contributed by atoms with E-state index in [1.807, 2.05) is 25.1 Å². The predicted molar refractivity (Wildman–Crippen MR) is 115 cm³/mol. The number of thioether (sulfide) groups is 1. The Morgan fingerprint density at radius 3 is 2.28 bits per heavy atom. The molecule has 0 spiro atoms. The third-order valence-electron chi connectivity index (χ3n) is 4.91. The first kappa shape index (κ1) is 19.6. The summed E-state index contributed by atoms with van der Waals surface area (Å²) in [6.45, 7) is 2.23. The fourth-order valence-electron chi connectivity index (χ4n) is 3.63. The second-order valence-corrected chi connectivity index (χ2v) is 8.05. The lowest BCUT2D eigenvalue weighted by Gasteiger charge is -2.15. The topological polar surface area (TPSA) is 55.8 Å². The van der Waals surface area contributed by atoms with Crippen molar-refractivity contribution in [3.8, 4) is 16.9 Å². The first-order valence-corrected chi connectivity index (χ1v) is 10.5. The van der Waals surface area contributed by atoms with E-state index >= 15 is 0 Å². The van der Waals surface area contributed by atoms with Crippen molar-refractivity contribution in [2.24, 2.45) is 0 Å². The zero-order valence-corrected chi connectivity index (χ0v) is 16.9. The van der Waals surface area contributed by atoms with Crippen molar-refractivity contribution in [2.45, 2.75) is 17.9 Å². The van der Waals surface area contributed by atoms with Crippen LogP contribution in [-0.4, -0.2) is 30.0 Å². The maximum Gasteiger partial charge on any atom is 0.341 e. The van der Waals surface area contributed by atoms with E-state index in [1.54, 1.807) is 11.8 Å². The standard InChI is InChI=1S/C24H22O4S/c1-16-14-17(10-11-22(16)28-15-23(25)26)29-13-12-27-24-20-8-4-2-6-18(20)19-7-3-5-9-21(19)24/h2-11,14,24H,12-13,15H2,1H3,(H,25,26). The summed E-state index contributed by atoms with van der Waals surface area (Å²) in [4.78, 5) is 11.8. The Morgan fingerprint density at radius 1 is 1.00 bits per heavy atom. The molecule has 1 aliphatic carbocycles. The number of carboxylic acids is 1. The van der Waals surface area contributed by atoms with E-state index in [2.05, 4.69) is 48.5 Å². The molecule has 5 heteroatoms. The number of aryl methyl sites for hydroxylation is 1. The van der Waals surface area contributed by atoms with Crippen molar-refractivity contribution < 1.29 is 19.4 Å². The third-order valence-corrected chi connectivity index (χ3v) is 5.87. The molecule has 0 saturated carbocycles. The van der Waals surface area contributed by atoms with E-state index in [0.29, 0.717) is 12.4 Å². The van der Waals surface area contributed by atoms with E-state index in [4.69, 9.17) is 14.6 Å². The summed E-state index contributed by atoms with van der Waals surface area (Å²) in [6.07, 6.45) is -0.0171. The molecule has 0 atom stereocenters. The number of carboxylic acid groups (broad SMARTS) is 1. The van der Waals surface area contributed by atoms with E-state index in [9.17, 15) is 4.79 Å². The molecule has 4 rings (SSSR count). The molecule has 1 N–H and O–H groups in total. The lowest BCUT2D eigenvalue weighted by atomic mass is 10.1. The molecule has 148 valence electrons. The first-order chi connectivity index (χ1) is 14.1. The number of benzene rings is 3. The minimum atomic E-state index is -0.977. The molecule has 4 nitrogen and oxygen atoms in total. The minimum absolute atomic E-state index is 0.0171. The summed E-state index contributed by atoms with van der Waals surface area (Å²) in [7, 11) is 0. The molecule has 0 amide bonds. The van der Waals surface area contributed by atoms with E-state index < -0.39 is 5.97 Å². The van der Waals surface area contributed by atoms with Crippen LogP contribution in [-0.2, 0) is 9.53 Å². The van der Waals surface area contributed by atoms with Gasteiger partial charge in [0, 0.05) is 10.6 Å². The molecule has 0 aliphatic heterocycles. The van der Waals surface area contributed by atoms with Crippen molar-refractivity contribution in [3.63, 3.8) is 0 Å². The number of aliphatic carboxylic acids is 1. The molecular formula is C24H22O4S. The van der Waals surface area contributed by atoms with Gasteiger partial charge in [-0.25, -0.2) is 4.79 Å². The van der Waals surface area contributed by atoms with Crippen LogP contribution in [0.25, 0.3) is 11.1 Å². The van der Waals surface area contributed by atoms with Crippen LogP contribution in [0.5, 0.6) is 5.75 Å². The molecule has 0 radical (unpaired) electrons. The second kappa shape index (κ2) is 8.72. The SMILES string of the molecule is Cc1cc(SCCOC2c3ccccc3-c3ccccc32)ccc1OCC(=O)O. The van der Waals surface area contributed by atoms with Crippen LogP contribution < -0.4 is 4.74 Å².